The predicted octanol–water partition coefficient (Wildman–Crippen LogP) is 1.25. The van der Waals surface area contributed by atoms with E-state index in [0.29, 0.717) is 19.6 Å². The van der Waals surface area contributed by atoms with Crippen LogP contribution in [0.4, 0.5) is 0 Å². The molecule has 0 saturated carbocycles. The summed E-state index contributed by atoms with van der Waals surface area (Å²) in [5.41, 5.74) is 0. The van der Waals surface area contributed by atoms with Crippen molar-refractivity contribution in [3.8, 4) is 0 Å². The lowest BCUT2D eigenvalue weighted by Gasteiger charge is -1.97. The summed E-state index contributed by atoms with van der Waals surface area (Å²) in [4.78, 5) is 9.52. The summed E-state index contributed by atoms with van der Waals surface area (Å²) in [6.07, 6.45) is 2.99. The summed E-state index contributed by atoms with van der Waals surface area (Å²) in [6, 6.07) is 0. The van der Waals surface area contributed by atoms with Crippen LogP contribution in [0.1, 0.15) is 12.8 Å². The maximum Gasteiger partial charge on any atom is 0.204 e. The second-order valence-corrected chi connectivity index (χ2v) is 2.13. The maximum atomic E-state index is 9.84. The second-order valence-electron chi connectivity index (χ2n) is 2.13. The normalized spacial score (nSPS) is 9.45. The quantitative estimate of drug-likeness (QED) is 0.243. The van der Waals surface area contributed by atoms with E-state index < -0.39 is 0 Å². The highest BCUT2D eigenvalue weighted by atomic mass is 16.6. The lowest BCUT2D eigenvalue weighted by atomic mass is 10.3. The first-order valence-corrected chi connectivity index (χ1v) is 3.58. The number of unbranched alkanes of at least 4 members (excludes halogenated alkanes) is 1. The molecule has 0 aromatic rings. The Morgan fingerprint density at radius 2 is 2.27 bits per heavy atom. The van der Waals surface area contributed by atoms with Crippen molar-refractivity contribution in [3.05, 3.63) is 22.8 Å². The molecule has 0 aromatic carbocycles. The minimum atomic E-state index is -0.312. The molecule has 0 amide bonds. The number of hydrogen-bond acceptors (Lipinski definition) is 3. The summed E-state index contributed by atoms with van der Waals surface area (Å²) in [5, 5.41) is 9.84. The SMILES string of the molecule is C=CCOCCCC[N+](=O)[O-]. The Balaban J connectivity index is 2.90. The van der Waals surface area contributed by atoms with Crippen molar-refractivity contribution >= 4 is 0 Å². The minimum absolute atomic E-state index is 0.0391. The molecule has 0 fully saturated rings. The van der Waals surface area contributed by atoms with Crippen molar-refractivity contribution in [1.29, 1.82) is 0 Å². The van der Waals surface area contributed by atoms with Gasteiger partial charge in [-0.3, -0.25) is 10.1 Å². The van der Waals surface area contributed by atoms with E-state index in [1.807, 2.05) is 0 Å². The molecule has 0 aliphatic heterocycles. The molecule has 0 radical (unpaired) electrons. The fourth-order valence-corrected chi connectivity index (χ4v) is 0.612. The summed E-state index contributed by atoms with van der Waals surface area (Å²) >= 11 is 0. The zero-order chi connectivity index (χ0) is 8.53. The van der Waals surface area contributed by atoms with E-state index in [1.54, 1.807) is 6.08 Å². The highest BCUT2D eigenvalue weighted by Gasteiger charge is 1.95. The molecule has 0 unspecified atom stereocenters. The Labute approximate surface area is 66.0 Å². The molecule has 0 aliphatic rings. The summed E-state index contributed by atoms with van der Waals surface area (Å²) < 4.78 is 5.02. The van der Waals surface area contributed by atoms with Gasteiger partial charge < -0.3 is 4.74 Å². The standard InChI is InChI=1S/C7H13NO3/c1-2-6-11-7-4-3-5-8(9)10/h2H,1,3-7H2. The molecule has 4 nitrogen and oxygen atoms in total. The maximum absolute atomic E-state index is 9.84. The Morgan fingerprint density at radius 1 is 1.55 bits per heavy atom. The summed E-state index contributed by atoms with van der Waals surface area (Å²) in [5.74, 6) is 0. The van der Waals surface area contributed by atoms with Gasteiger partial charge in [-0.25, -0.2) is 0 Å². The Morgan fingerprint density at radius 3 is 2.82 bits per heavy atom. The average Bonchev–Trinajstić information content (AvgIpc) is 1.96. The van der Waals surface area contributed by atoms with Gasteiger partial charge in [0.05, 0.1) is 6.61 Å². The van der Waals surface area contributed by atoms with Gasteiger partial charge >= 0.3 is 0 Å². The Kier molecular flexibility index (Phi) is 6.62. The highest BCUT2D eigenvalue weighted by Crippen LogP contribution is 1.90. The van der Waals surface area contributed by atoms with Crippen molar-refractivity contribution in [2.24, 2.45) is 0 Å². The van der Waals surface area contributed by atoms with E-state index in [0.717, 1.165) is 6.42 Å². The molecule has 0 rings (SSSR count). The Hall–Kier alpha value is -0.900. The van der Waals surface area contributed by atoms with E-state index in [9.17, 15) is 10.1 Å². The second kappa shape index (κ2) is 7.21. The zero-order valence-corrected chi connectivity index (χ0v) is 6.49. The van der Waals surface area contributed by atoms with Crippen LogP contribution in [0.25, 0.3) is 0 Å². The van der Waals surface area contributed by atoms with Gasteiger partial charge in [0, 0.05) is 18.0 Å². The molecule has 0 aliphatic carbocycles. The van der Waals surface area contributed by atoms with Crippen LogP contribution in [-0.2, 0) is 4.74 Å². The molecule has 0 saturated heterocycles. The van der Waals surface area contributed by atoms with Crippen LogP contribution in [0.2, 0.25) is 0 Å². The number of nitro groups is 1. The first-order valence-electron chi connectivity index (χ1n) is 3.58. The van der Waals surface area contributed by atoms with E-state index in [-0.39, 0.29) is 11.5 Å². The molecule has 0 bridgehead atoms. The van der Waals surface area contributed by atoms with E-state index in [1.165, 1.54) is 0 Å². The van der Waals surface area contributed by atoms with Crippen molar-refractivity contribution in [1.82, 2.24) is 0 Å². The fraction of sp³-hybridized carbons (Fsp3) is 0.714. The van der Waals surface area contributed by atoms with Crippen molar-refractivity contribution < 1.29 is 9.66 Å². The molecular formula is C7H13NO3. The minimum Gasteiger partial charge on any atom is -0.377 e. The van der Waals surface area contributed by atoms with Crippen molar-refractivity contribution in [2.75, 3.05) is 19.8 Å². The number of ether oxygens (including phenoxy) is 1. The van der Waals surface area contributed by atoms with Crippen LogP contribution < -0.4 is 0 Å². The third-order valence-electron chi connectivity index (χ3n) is 1.12. The highest BCUT2D eigenvalue weighted by molar-refractivity contribution is 4.63. The topological polar surface area (TPSA) is 52.4 Å². The molecule has 0 heterocycles. The molecule has 4 heteroatoms. The van der Waals surface area contributed by atoms with Gasteiger partial charge in [0.25, 0.3) is 0 Å². The van der Waals surface area contributed by atoms with Crippen molar-refractivity contribution in [2.45, 2.75) is 12.8 Å². The van der Waals surface area contributed by atoms with E-state index >= 15 is 0 Å². The number of hydrogen-bond donors (Lipinski definition) is 0. The molecule has 64 valence electrons. The van der Waals surface area contributed by atoms with Gasteiger partial charge in [-0.05, 0) is 6.42 Å². The predicted molar refractivity (Wildman–Crippen MR) is 42.1 cm³/mol. The largest absolute Gasteiger partial charge is 0.377 e. The number of nitrogens with zero attached hydrogens (tertiary/aromatic N) is 1. The van der Waals surface area contributed by atoms with Gasteiger partial charge in [0.2, 0.25) is 6.54 Å². The molecule has 0 aromatic heterocycles. The third kappa shape index (κ3) is 9.10. The van der Waals surface area contributed by atoms with Crippen LogP contribution in [0.5, 0.6) is 0 Å². The van der Waals surface area contributed by atoms with Crippen LogP contribution in [0.3, 0.4) is 0 Å². The molecular weight excluding hydrogens is 146 g/mol. The third-order valence-corrected chi connectivity index (χ3v) is 1.12. The lowest BCUT2D eigenvalue weighted by Crippen LogP contribution is -2.02. The monoisotopic (exact) mass is 159 g/mol. The van der Waals surface area contributed by atoms with E-state index in [4.69, 9.17) is 4.74 Å². The van der Waals surface area contributed by atoms with Crippen LogP contribution in [0.15, 0.2) is 12.7 Å². The number of rotatable bonds is 7. The Bertz CT molecular complexity index is 125. The lowest BCUT2D eigenvalue weighted by molar-refractivity contribution is -0.480. The molecule has 0 spiro atoms. The van der Waals surface area contributed by atoms with Gasteiger partial charge in [-0.1, -0.05) is 6.08 Å². The van der Waals surface area contributed by atoms with Gasteiger partial charge in [-0.2, -0.15) is 0 Å². The first kappa shape index (κ1) is 10.1. The van der Waals surface area contributed by atoms with Crippen LogP contribution in [0, 0.1) is 10.1 Å². The van der Waals surface area contributed by atoms with Gasteiger partial charge in [0.15, 0.2) is 0 Å². The van der Waals surface area contributed by atoms with Crippen LogP contribution >= 0.6 is 0 Å². The summed E-state index contributed by atoms with van der Waals surface area (Å²) in [6.45, 7) is 4.62. The average molecular weight is 159 g/mol. The van der Waals surface area contributed by atoms with E-state index in [2.05, 4.69) is 6.58 Å². The zero-order valence-electron chi connectivity index (χ0n) is 6.49. The summed E-state index contributed by atoms with van der Waals surface area (Å²) in [7, 11) is 0. The van der Waals surface area contributed by atoms with Crippen LogP contribution in [-0.4, -0.2) is 24.7 Å². The molecule has 0 N–H and O–H groups in total. The van der Waals surface area contributed by atoms with Crippen molar-refractivity contribution in [3.63, 3.8) is 0 Å². The molecule has 0 atom stereocenters. The first-order chi connectivity index (χ1) is 5.27. The van der Waals surface area contributed by atoms with Gasteiger partial charge in [0.1, 0.15) is 0 Å². The fourth-order valence-electron chi connectivity index (χ4n) is 0.612. The smallest absolute Gasteiger partial charge is 0.204 e. The molecule has 11 heavy (non-hydrogen) atoms. The van der Waals surface area contributed by atoms with Gasteiger partial charge in [-0.15, -0.1) is 6.58 Å².